The number of benzene rings is 1. The van der Waals surface area contributed by atoms with Crippen LogP contribution in [0.4, 0.5) is 5.95 Å². The van der Waals surface area contributed by atoms with Crippen molar-refractivity contribution in [1.29, 1.82) is 0 Å². The molecule has 5 rings (SSSR count). The summed E-state index contributed by atoms with van der Waals surface area (Å²) in [5.41, 5.74) is 10.4. The molecule has 9 heteroatoms. The number of imide groups is 1. The van der Waals surface area contributed by atoms with Crippen LogP contribution in [-0.4, -0.2) is 38.6 Å². The summed E-state index contributed by atoms with van der Waals surface area (Å²) in [6.45, 7) is 0.853. The molecule has 3 heterocycles. The summed E-state index contributed by atoms with van der Waals surface area (Å²) in [4.78, 5) is 46.9. The molecule has 1 saturated heterocycles. The van der Waals surface area contributed by atoms with Crippen LogP contribution in [0.25, 0.3) is 0 Å². The number of carbonyl (C=O) groups excluding carboxylic acids is 3. The lowest BCUT2D eigenvalue weighted by Crippen LogP contribution is -2.52. The van der Waals surface area contributed by atoms with Gasteiger partial charge in [0.25, 0.3) is 5.91 Å². The second-order valence-corrected chi connectivity index (χ2v) is 7.99. The van der Waals surface area contributed by atoms with Crippen molar-refractivity contribution >= 4 is 23.7 Å². The highest BCUT2D eigenvalue weighted by atomic mass is 16.2. The number of amides is 3. The van der Waals surface area contributed by atoms with Gasteiger partial charge < -0.3 is 16.0 Å². The van der Waals surface area contributed by atoms with Gasteiger partial charge in [-0.15, -0.1) is 0 Å². The van der Waals surface area contributed by atoms with Crippen molar-refractivity contribution in [2.45, 2.75) is 50.9 Å². The van der Waals surface area contributed by atoms with Gasteiger partial charge in [0.1, 0.15) is 6.04 Å². The number of anilines is 1. The molecular weight excluding hydrogens is 384 g/mol. The SMILES string of the molecule is NC1CCc2nc(NCc3ccc4c(c3)C(=O)N(C3CCC(=O)NC3=O)C4)ncc21. The van der Waals surface area contributed by atoms with Gasteiger partial charge in [-0.1, -0.05) is 12.1 Å². The summed E-state index contributed by atoms with van der Waals surface area (Å²) in [5, 5.41) is 5.53. The zero-order chi connectivity index (χ0) is 20.8. The molecule has 2 aromatic rings. The quantitative estimate of drug-likeness (QED) is 0.640. The predicted octanol–water partition coefficient (Wildman–Crippen LogP) is 0.796. The molecule has 2 unspecified atom stereocenters. The van der Waals surface area contributed by atoms with E-state index in [4.69, 9.17) is 5.73 Å². The molecule has 3 amide bonds. The zero-order valence-electron chi connectivity index (χ0n) is 16.4. The third-order valence-corrected chi connectivity index (χ3v) is 6.03. The highest BCUT2D eigenvalue weighted by Gasteiger charge is 2.39. The van der Waals surface area contributed by atoms with Gasteiger partial charge in [0.05, 0.1) is 5.69 Å². The number of aryl methyl sites for hydroxylation is 1. The summed E-state index contributed by atoms with van der Waals surface area (Å²) in [6.07, 6.45) is 4.14. The molecule has 0 bridgehead atoms. The molecule has 0 spiro atoms. The van der Waals surface area contributed by atoms with Crippen molar-refractivity contribution in [3.63, 3.8) is 0 Å². The Hall–Kier alpha value is -3.33. The fourth-order valence-electron chi connectivity index (χ4n) is 4.36. The second kappa shape index (κ2) is 7.17. The molecule has 1 aromatic carbocycles. The van der Waals surface area contributed by atoms with Crippen LogP contribution in [0.5, 0.6) is 0 Å². The van der Waals surface area contributed by atoms with E-state index in [-0.39, 0.29) is 24.3 Å². The summed E-state index contributed by atoms with van der Waals surface area (Å²) < 4.78 is 0. The molecule has 0 saturated carbocycles. The Morgan fingerprint density at radius 1 is 1.20 bits per heavy atom. The van der Waals surface area contributed by atoms with Crippen LogP contribution in [0.2, 0.25) is 0 Å². The Kier molecular flexibility index (Phi) is 4.47. The van der Waals surface area contributed by atoms with Gasteiger partial charge in [-0.3, -0.25) is 19.7 Å². The molecule has 0 radical (unpaired) electrons. The van der Waals surface area contributed by atoms with E-state index < -0.39 is 11.9 Å². The monoisotopic (exact) mass is 406 g/mol. The lowest BCUT2D eigenvalue weighted by Gasteiger charge is -2.29. The van der Waals surface area contributed by atoms with Crippen molar-refractivity contribution < 1.29 is 14.4 Å². The van der Waals surface area contributed by atoms with Gasteiger partial charge in [-0.25, -0.2) is 9.97 Å². The lowest BCUT2D eigenvalue weighted by atomic mass is 10.0. The highest BCUT2D eigenvalue weighted by Crippen LogP contribution is 2.29. The predicted molar refractivity (Wildman–Crippen MR) is 107 cm³/mol. The van der Waals surface area contributed by atoms with E-state index in [2.05, 4.69) is 20.6 Å². The van der Waals surface area contributed by atoms with Crippen LogP contribution in [0.1, 0.15) is 58.0 Å². The molecule has 1 aliphatic carbocycles. The van der Waals surface area contributed by atoms with Crippen LogP contribution in [-0.2, 0) is 29.1 Å². The normalized spacial score (nSPS) is 22.7. The second-order valence-electron chi connectivity index (χ2n) is 7.99. The van der Waals surface area contributed by atoms with Gasteiger partial charge in [0.2, 0.25) is 17.8 Å². The first-order valence-corrected chi connectivity index (χ1v) is 10.1. The maximum Gasteiger partial charge on any atom is 0.255 e. The van der Waals surface area contributed by atoms with Crippen LogP contribution in [0.15, 0.2) is 24.4 Å². The molecular formula is C21H22N6O3. The van der Waals surface area contributed by atoms with Gasteiger partial charge in [0.15, 0.2) is 0 Å². The first-order chi connectivity index (χ1) is 14.5. The average molecular weight is 406 g/mol. The van der Waals surface area contributed by atoms with Gasteiger partial charge >= 0.3 is 0 Å². The summed E-state index contributed by atoms with van der Waals surface area (Å²) in [6, 6.07) is 5.13. The number of hydrogen-bond donors (Lipinski definition) is 3. The molecule has 3 aliphatic rings. The number of fused-ring (bicyclic) bond motifs is 2. The third kappa shape index (κ3) is 3.21. The van der Waals surface area contributed by atoms with Gasteiger partial charge in [-0.05, 0) is 36.5 Å². The minimum absolute atomic E-state index is 0.0177. The molecule has 4 N–H and O–H groups in total. The number of aromatic nitrogens is 2. The van der Waals surface area contributed by atoms with Crippen LogP contribution in [0, 0.1) is 0 Å². The summed E-state index contributed by atoms with van der Waals surface area (Å²) in [5.74, 6) is -0.323. The van der Waals surface area contributed by atoms with Crippen LogP contribution in [0.3, 0.4) is 0 Å². The first-order valence-electron chi connectivity index (χ1n) is 10.1. The maximum atomic E-state index is 12.9. The number of piperidine rings is 1. The Morgan fingerprint density at radius 3 is 2.90 bits per heavy atom. The highest BCUT2D eigenvalue weighted by molar-refractivity contribution is 6.05. The number of nitrogens with one attached hydrogen (secondary N) is 2. The van der Waals surface area contributed by atoms with E-state index in [0.29, 0.717) is 31.0 Å². The van der Waals surface area contributed by atoms with Crippen molar-refractivity contribution in [1.82, 2.24) is 20.2 Å². The maximum absolute atomic E-state index is 12.9. The number of nitrogens with two attached hydrogens (primary N) is 1. The molecule has 2 atom stereocenters. The fraction of sp³-hybridized carbons (Fsp3) is 0.381. The molecule has 30 heavy (non-hydrogen) atoms. The summed E-state index contributed by atoms with van der Waals surface area (Å²) in [7, 11) is 0. The first kappa shape index (κ1) is 18.7. The smallest absolute Gasteiger partial charge is 0.255 e. The Bertz CT molecular complexity index is 1070. The molecule has 1 aromatic heterocycles. The minimum atomic E-state index is -0.602. The fourth-order valence-corrected chi connectivity index (χ4v) is 4.36. The van der Waals surface area contributed by atoms with Gasteiger partial charge in [0, 0.05) is 42.9 Å². The minimum Gasteiger partial charge on any atom is -0.350 e. The van der Waals surface area contributed by atoms with E-state index in [0.717, 1.165) is 35.2 Å². The number of nitrogens with zero attached hydrogens (tertiary/aromatic N) is 3. The Labute approximate surface area is 173 Å². The van der Waals surface area contributed by atoms with E-state index in [1.807, 2.05) is 18.2 Å². The molecule has 154 valence electrons. The Morgan fingerprint density at radius 2 is 2.07 bits per heavy atom. The Balaban J connectivity index is 1.28. The summed E-state index contributed by atoms with van der Waals surface area (Å²) >= 11 is 0. The van der Waals surface area contributed by atoms with E-state index >= 15 is 0 Å². The van der Waals surface area contributed by atoms with Crippen LogP contribution < -0.4 is 16.4 Å². The van der Waals surface area contributed by atoms with Crippen molar-refractivity contribution in [2.24, 2.45) is 5.73 Å². The van der Waals surface area contributed by atoms with E-state index in [1.54, 1.807) is 11.1 Å². The molecule has 9 nitrogen and oxygen atoms in total. The lowest BCUT2D eigenvalue weighted by molar-refractivity contribution is -0.136. The number of carbonyl (C=O) groups is 3. The van der Waals surface area contributed by atoms with Crippen molar-refractivity contribution in [3.8, 4) is 0 Å². The molecule has 2 aliphatic heterocycles. The van der Waals surface area contributed by atoms with E-state index in [9.17, 15) is 14.4 Å². The third-order valence-electron chi connectivity index (χ3n) is 6.03. The largest absolute Gasteiger partial charge is 0.350 e. The van der Waals surface area contributed by atoms with Crippen molar-refractivity contribution in [2.75, 3.05) is 5.32 Å². The number of rotatable bonds is 4. The zero-order valence-corrected chi connectivity index (χ0v) is 16.4. The topological polar surface area (TPSA) is 130 Å². The average Bonchev–Trinajstić information content (AvgIpc) is 3.26. The molecule has 1 fully saturated rings. The van der Waals surface area contributed by atoms with Crippen LogP contribution >= 0.6 is 0 Å². The van der Waals surface area contributed by atoms with Crippen molar-refractivity contribution in [3.05, 3.63) is 52.3 Å². The van der Waals surface area contributed by atoms with Gasteiger partial charge in [-0.2, -0.15) is 0 Å². The number of hydrogen-bond acceptors (Lipinski definition) is 7. The standard InChI is InChI=1S/C21H22N6O3/c22-15-3-4-16-14(15)9-24-21(25-16)23-8-11-1-2-12-10-27(20(30)13(12)7-11)17-5-6-18(28)26-19(17)29/h1-2,7,9,15,17H,3-6,8,10,22H2,(H,23,24,25)(H,26,28,29). The van der Waals surface area contributed by atoms with E-state index in [1.165, 1.54) is 0 Å².